The van der Waals surface area contributed by atoms with Crippen molar-refractivity contribution >= 4 is 11.9 Å². The fraction of sp³-hybridized carbons (Fsp3) is 0.833. The first-order valence-corrected chi connectivity index (χ1v) is 6.15. The van der Waals surface area contributed by atoms with Gasteiger partial charge in [0.05, 0.1) is 11.5 Å². The predicted octanol–water partition coefficient (Wildman–Crippen LogP) is 0.731. The number of carboxylic acid groups (broad SMARTS) is 1. The standard InChI is InChI=1S/C12H22N2O3/c1-8-4-3-5-12(13,6-8)11(17)14-7-9(2)10(15)16/h8-9H,3-7,13H2,1-2H3,(H,14,17)(H,15,16). The van der Waals surface area contributed by atoms with Crippen LogP contribution < -0.4 is 11.1 Å². The average Bonchev–Trinajstić information content (AvgIpc) is 2.24. The molecule has 1 amide bonds. The summed E-state index contributed by atoms with van der Waals surface area (Å²) in [4.78, 5) is 22.6. The van der Waals surface area contributed by atoms with E-state index in [1.165, 1.54) is 0 Å². The maximum absolute atomic E-state index is 12.0. The minimum absolute atomic E-state index is 0.140. The van der Waals surface area contributed by atoms with Crippen molar-refractivity contribution in [1.29, 1.82) is 0 Å². The lowest BCUT2D eigenvalue weighted by Gasteiger charge is -2.35. The summed E-state index contributed by atoms with van der Waals surface area (Å²) in [5.74, 6) is -1.24. The van der Waals surface area contributed by atoms with Gasteiger partial charge in [-0.1, -0.05) is 26.7 Å². The first-order valence-electron chi connectivity index (χ1n) is 6.15. The number of nitrogens with one attached hydrogen (secondary N) is 1. The molecule has 3 unspecified atom stereocenters. The van der Waals surface area contributed by atoms with Crippen molar-refractivity contribution in [1.82, 2.24) is 5.32 Å². The van der Waals surface area contributed by atoms with Crippen LogP contribution in [0.15, 0.2) is 0 Å². The van der Waals surface area contributed by atoms with E-state index in [1.807, 2.05) is 0 Å². The molecule has 98 valence electrons. The van der Waals surface area contributed by atoms with Crippen LogP contribution in [0.1, 0.15) is 39.5 Å². The van der Waals surface area contributed by atoms with Crippen molar-refractivity contribution in [2.45, 2.75) is 45.1 Å². The minimum atomic E-state index is -0.909. The monoisotopic (exact) mass is 242 g/mol. The molecule has 1 aliphatic carbocycles. The maximum atomic E-state index is 12.0. The van der Waals surface area contributed by atoms with Gasteiger partial charge >= 0.3 is 5.97 Å². The number of amides is 1. The second-order valence-electron chi connectivity index (χ2n) is 5.31. The summed E-state index contributed by atoms with van der Waals surface area (Å²) in [6.45, 7) is 3.80. The lowest BCUT2D eigenvalue weighted by molar-refractivity contribution is -0.141. The number of carboxylic acids is 1. The largest absolute Gasteiger partial charge is 0.481 e. The lowest BCUT2D eigenvalue weighted by Crippen LogP contribution is -2.56. The van der Waals surface area contributed by atoms with E-state index < -0.39 is 17.4 Å². The predicted molar refractivity (Wildman–Crippen MR) is 64.4 cm³/mol. The van der Waals surface area contributed by atoms with Gasteiger partial charge in [-0.15, -0.1) is 0 Å². The highest BCUT2D eigenvalue weighted by atomic mass is 16.4. The molecule has 4 N–H and O–H groups in total. The van der Waals surface area contributed by atoms with Gasteiger partial charge in [0.1, 0.15) is 0 Å². The third-order valence-corrected chi connectivity index (χ3v) is 3.48. The SMILES string of the molecule is CC1CCCC(N)(C(=O)NCC(C)C(=O)O)C1. The molecule has 1 saturated carbocycles. The van der Waals surface area contributed by atoms with E-state index in [0.717, 1.165) is 12.8 Å². The summed E-state index contributed by atoms with van der Waals surface area (Å²) in [5.41, 5.74) is 5.29. The Labute approximate surface area is 102 Å². The number of rotatable bonds is 4. The fourth-order valence-electron chi connectivity index (χ4n) is 2.31. The molecule has 0 bridgehead atoms. The molecule has 1 aliphatic rings. The highest BCUT2D eigenvalue weighted by Crippen LogP contribution is 2.30. The Morgan fingerprint density at radius 1 is 1.59 bits per heavy atom. The van der Waals surface area contributed by atoms with Crippen LogP contribution in [0.25, 0.3) is 0 Å². The van der Waals surface area contributed by atoms with E-state index in [-0.39, 0.29) is 12.5 Å². The average molecular weight is 242 g/mol. The number of nitrogens with two attached hydrogens (primary N) is 1. The zero-order chi connectivity index (χ0) is 13.1. The Hall–Kier alpha value is -1.10. The molecule has 0 aromatic heterocycles. The molecule has 0 aliphatic heterocycles. The molecule has 17 heavy (non-hydrogen) atoms. The van der Waals surface area contributed by atoms with Crippen LogP contribution in [0.2, 0.25) is 0 Å². The molecule has 0 aromatic carbocycles. The summed E-state index contributed by atoms with van der Waals surface area (Å²) in [7, 11) is 0. The Morgan fingerprint density at radius 3 is 2.76 bits per heavy atom. The summed E-state index contributed by atoms with van der Waals surface area (Å²) in [6, 6.07) is 0. The first kappa shape index (κ1) is 14.0. The number of hydrogen-bond donors (Lipinski definition) is 3. The van der Waals surface area contributed by atoms with Crippen molar-refractivity contribution in [3.63, 3.8) is 0 Å². The quantitative estimate of drug-likeness (QED) is 0.677. The number of aliphatic carboxylic acids is 1. The van der Waals surface area contributed by atoms with Crippen LogP contribution >= 0.6 is 0 Å². The number of hydrogen-bond acceptors (Lipinski definition) is 3. The summed E-state index contributed by atoms with van der Waals surface area (Å²) in [5, 5.41) is 11.4. The summed E-state index contributed by atoms with van der Waals surface area (Å²) >= 11 is 0. The van der Waals surface area contributed by atoms with Gasteiger partial charge in [-0.3, -0.25) is 9.59 Å². The Morgan fingerprint density at radius 2 is 2.24 bits per heavy atom. The van der Waals surface area contributed by atoms with Gasteiger partial charge in [-0.05, 0) is 18.8 Å². The van der Waals surface area contributed by atoms with Gasteiger partial charge in [-0.2, -0.15) is 0 Å². The van der Waals surface area contributed by atoms with Crippen molar-refractivity contribution in [2.75, 3.05) is 6.54 Å². The molecule has 5 heteroatoms. The van der Waals surface area contributed by atoms with E-state index in [2.05, 4.69) is 12.2 Å². The second kappa shape index (κ2) is 5.49. The summed E-state index contributed by atoms with van der Waals surface area (Å²) in [6.07, 6.45) is 3.43. The maximum Gasteiger partial charge on any atom is 0.308 e. The van der Waals surface area contributed by atoms with E-state index in [0.29, 0.717) is 18.8 Å². The molecule has 0 radical (unpaired) electrons. The minimum Gasteiger partial charge on any atom is -0.481 e. The van der Waals surface area contributed by atoms with E-state index in [4.69, 9.17) is 10.8 Å². The molecule has 1 fully saturated rings. The molecule has 3 atom stereocenters. The van der Waals surface area contributed by atoms with Gasteiger partial charge < -0.3 is 16.2 Å². The van der Waals surface area contributed by atoms with E-state index in [9.17, 15) is 9.59 Å². The summed E-state index contributed by atoms with van der Waals surface area (Å²) < 4.78 is 0. The van der Waals surface area contributed by atoms with Gasteiger partial charge in [0.2, 0.25) is 5.91 Å². The van der Waals surface area contributed by atoms with Crippen molar-refractivity contribution < 1.29 is 14.7 Å². The normalized spacial score (nSPS) is 30.6. The smallest absolute Gasteiger partial charge is 0.308 e. The molecular formula is C12H22N2O3. The third-order valence-electron chi connectivity index (χ3n) is 3.48. The highest BCUT2D eigenvalue weighted by molar-refractivity contribution is 5.86. The number of carbonyl (C=O) groups excluding carboxylic acids is 1. The molecular weight excluding hydrogens is 220 g/mol. The van der Waals surface area contributed by atoms with Crippen LogP contribution in [0, 0.1) is 11.8 Å². The van der Waals surface area contributed by atoms with Crippen LogP contribution in [-0.4, -0.2) is 29.1 Å². The Bertz CT molecular complexity index is 306. The molecule has 0 spiro atoms. The van der Waals surface area contributed by atoms with E-state index in [1.54, 1.807) is 6.92 Å². The van der Waals surface area contributed by atoms with Gasteiger partial charge in [-0.25, -0.2) is 0 Å². The first-order chi connectivity index (χ1) is 7.85. The van der Waals surface area contributed by atoms with Gasteiger partial charge in [0.25, 0.3) is 0 Å². The highest BCUT2D eigenvalue weighted by Gasteiger charge is 2.37. The van der Waals surface area contributed by atoms with Gasteiger partial charge in [0, 0.05) is 6.54 Å². The zero-order valence-electron chi connectivity index (χ0n) is 10.5. The molecule has 0 saturated heterocycles. The van der Waals surface area contributed by atoms with Crippen molar-refractivity contribution in [3.8, 4) is 0 Å². The molecule has 0 aromatic rings. The molecule has 0 heterocycles. The van der Waals surface area contributed by atoms with Gasteiger partial charge in [0.15, 0.2) is 0 Å². The Balaban J connectivity index is 2.48. The zero-order valence-corrected chi connectivity index (χ0v) is 10.5. The second-order valence-corrected chi connectivity index (χ2v) is 5.31. The van der Waals surface area contributed by atoms with E-state index >= 15 is 0 Å². The molecule has 5 nitrogen and oxygen atoms in total. The topological polar surface area (TPSA) is 92.4 Å². The molecule has 1 rings (SSSR count). The van der Waals surface area contributed by atoms with Crippen LogP contribution in [0.5, 0.6) is 0 Å². The third kappa shape index (κ3) is 3.70. The van der Waals surface area contributed by atoms with Crippen LogP contribution in [-0.2, 0) is 9.59 Å². The van der Waals surface area contributed by atoms with Crippen LogP contribution in [0.3, 0.4) is 0 Å². The van der Waals surface area contributed by atoms with Crippen LogP contribution in [0.4, 0.5) is 0 Å². The number of carbonyl (C=O) groups is 2. The van der Waals surface area contributed by atoms with Crippen molar-refractivity contribution in [2.24, 2.45) is 17.6 Å². The lowest BCUT2D eigenvalue weighted by atomic mass is 9.76. The fourth-order valence-corrected chi connectivity index (χ4v) is 2.31. The van der Waals surface area contributed by atoms with Crippen molar-refractivity contribution in [3.05, 3.63) is 0 Å². The Kier molecular flexibility index (Phi) is 4.51.